The number of carbonyl (C=O) groups is 2. The smallest absolute Gasteiger partial charge is 0.325 e. The Balaban J connectivity index is 1.19. The third-order valence-electron chi connectivity index (χ3n) is 4.68. The molecule has 0 spiro atoms. The van der Waals surface area contributed by atoms with Crippen LogP contribution in [0.15, 0.2) is 36.5 Å². The predicted molar refractivity (Wildman–Crippen MR) is 111 cm³/mol. The van der Waals surface area contributed by atoms with Gasteiger partial charge in [-0.1, -0.05) is 11.3 Å². The van der Waals surface area contributed by atoms with Crippen molar-refractivity contribution >= 4 is 34.2 Å². The zero-order chi connectivity index (χ0) is 21.2. The Bertz CT molecular complexity index is 1130. The first-order valence-corrected chi connectivity index (χ1v) is 10.5. The minimum atomic E-state index is -0.428. The van der Waals surface area contributed by atoms with Crippen molar-refractivity contribution < 1.29 is 23.8 Å². The lowest BCUT2D eigenvalue weighted by Gasteiger charge is -2.10. The third-order valence-corrected chi connectivity index (χ3v) is 5.61. The molecule has 4 heterocycles. The number of anilines is 2. The molecule has 0 saturated carbocycles. The van der Waals surface area contributed by atoms with Crippen LogP contribution in [0, 0.1) is 0 Å². The number of benzene rings is 1. The van der Waals surface area contributed by atoms with Gasteiger partial charge in [0.05, 0.1) is 12.1 Å². The van der Waals surface area contributed by atoms with E-state index in [2.05, 4.69) is 25.8 Å². The molecule has 5 rings (SSSR count). The molecule has 2 aliphatic rings. The van der Waals surface area contributed by atoms with Gasteiger partial charge in [-0.3, -0.25) is 15.1 Å². The second kappa shape index (κ2) is 8.28. The normalized spacial score (nSPS) is 17.2. The minimum Gasteiger partial charge on any atom is -0.453 e. The van der Waals surface area contributed by atoms with E-state index >= 15 is 0 Å². The Labute approximate surface area is 180 Å². The first-order valence-electron chi connectivity index (χ1n) is 9.63. The van der Waals surface area contributed by atoms with Gasteiger partial charge in [0.1, 0.15) is 16.9 Å². The maximum Gasteiger partial charge on any atom is 0.325 e. The van der Waals surface area contributed by atoms with Crippen LogP contribution >= 0.6 is 11.3 Å². The predicted octanol–water partition coefficient (Wildman–Crippen LogP) is 3.68. The number of esters is 1. The molecule has 2 aromatic heterocycles. The van der Waals surface area contributed by atoms with Gasteiger partial charge in [-0.2, -0.15) is 0 Å². The van der Waals surface area contributed by atoms with Crippen LogP contribution in [0.1, 0.15) is 29.6 Å². The average molecular weight is 439 g/mol. The molecule has 1 atom stereocenters. The topological polar surface area (TPSA) is 125 Å². The first-order chi connectivity index (χ1) is 15.1. The van der Waals surface area contributed by atoms with E-state index in [-0.39, 0.29) is 18.5 Å². The number of nitrogens with zero attached hydrogens (tertiary/aromatic N) is 3. The molecule has 0 radical (unpaired) electrons. The molecule has 2 aliphatic heterocycles. The monoisotopic (exact) mass is 439 g/mol. The number of rotatable bonds is 5. The molecule has 1 aromatic carbocycles. The van der Waals surface area contributed by atoms with Gasteiger partial charge < -0.3 is 19.5 Å². The van der Waals surface area contributed by atoms with Crippen LogP contribution in [0.5, 0.6) is 17.2 Å². The zero-order valence-corrected chi connectivity index (χ0v) is 17.0. The number of nitrogens with one attached hydrogen (secondary N) is 2. The van der Waals surface area contributed by atoms with Crippen LogP contribution in [0.4, 0.5) is 15.6 Å². The van der Waals surface area contributed by atoms with E-state index in [1.54, 1.807) is 36.5 Å². The van der Waals surface area contributed by atoms with Crippen molar-refractivity contribution in [3.63, 3.8) is 0 Å². The summed E-state index contributed by atoms with van der Waals surface area (Å²) in [7, 11) is 0. The van der Waals surface area contributed by atoms with Crippen LogP contribution in [-0.2, 0) is 16.0 Å². The van der Waals surface area contributed by atoms with Gasteiger partial charge in [0.15, 0.2) is 11.5 Å². The van der Waals surface area contributed by atoms with Gasteiger partial charge in [0.2, 0.25) is 5.13 Å². The molecule has 0 bridgehead atoms. The Morgan fingerprint density at radius 3 is 2.84 bits per heavy atom. The Morgan fingerprint density at radius 2 is 2.03 bits per heavy atom. The summed E-state index contributed by atoms with van der Waals surface area (Å²) in [6.45, 7) is 0.724. The molecule has 0 aliphatic carbocycles. The molecule has 2 amide bonds. The number of hydrogen-bond acceptors (Lipinski definition) is 9. The number of carbonyl (C=O) groups excluding carboxylic acids is 2. The molecule has 10 nitrogen and oxygen atoms in total. The number of pyridine rings is 1. The summed E-state index contributed by atoms with van der Waals surface area (Å²) in [6.07, 6.45) is 3.58. The van der Waals surface area contributed by atoms with E-state index < -0.39 is 6.03 Å². The maximum atomic E-state index is 12.2. The number of amides is 2. The highest BCUT2D eigenvalue weighted by Crippen LogP contribution is 2.37. The maximum absolute atomic E-state index is 12.2. The fourth-order valence-corrected chi connectivity index (χ4v) is 4.08. The van der Waals surface area contributed by atoms with Gasteiger partial charge in [-0.15, -0.1) is 10.2 Å². The molecule has 1 fully saturated rings. The third kappa shape index (κ3) is 4.32. The SMILES string of the molecule is O=C(Nc1ccc(Oc2ccnc3c2OC(=O)C3)cc1)Nc1nnc(C2CCCO2)s1. The second-order valence-corrected chi connectivity index (χ2v) is 7.90. The molecule has 3 aromatic rings. The number of urea groups is 1. The van der Waals surface area contributed by atoms with Crippen LogP contribution < -0.4 is 20.1 Å². The van der Waals surface area contributed by atoms with Crippen molar-refractivity contribution in [1.82, 2.24) is 15.2 Å². The van der Waals surface area contributed by atoms with E-state index in [9.17, 15) is 9.59 Å². The first kappa shape index (κ1) is 19.4. The minimum absolute atomic E-state index is 0.0335. The quantitative estimate of drug-likeness (QED) is 0.577. The van der Waals surface area contributed by atoms with Crippen molar-refractivity contribution in [1.29, 1.82) is 0 Å². The molecule has 31 heavy (non-hydrogen) atoms. The van der Waals surface area contributed by atoms with E-state index in [1.807, 2.05) is 0 Å². The Hall–Kier alpha value is -3.57. The molecular formula is C20H17N5O5S. The second-order valence-electron chi connectivity index (χ2n) is 6.89. The van der Waals surface area contributed by atoms with Crippen LogP contribution in [0.2, 0.25) is 0 Å². The molecule has 11 heteroatoms. The number of ether oxygens (including phenoxy) is 3. The van der Waals surface area contributed by atoms with Gasteiger partial charge in [0.25, 0.3) is 0 Å². The van der Waals surface area contributed by atoms with Crippen molar-refractivity contribution in [2.75, 3.05) is 17.2 Å². The highest BCUT2D eigenvalue weighted by Gasteiger charge is 2.26. The highest BCUT2D eigenvalue weighted by molar-refractivity contribution is 7.15. The largest absolute Gasteiger partial charge is 0.453 e. The summed E-state index contributed by atoms with van der Waals surface area (Å²) in [6, 6.07) is 7.98. The molecular weight excluding hydrogens is 422 g/mol. The fourth-order valence-electron chi connectivity index (χ4n) is 3.25. The Kier molecular flexibility index (Phi) is 5.18. The molecule has 1 saturated heterocycles. The zero-order valence-electron chi connectivity index (χ0n) is 16.2. The van der Waals surface area contributed by atoms with Gasteiger partial charge in [-0.05, 0) is 37.1 Å². The van der Waals surface area contributed by atoms with Crippen LogP contribution in [0.3, 0.4) is 0 Å². The average Bonchev–Trinajstić information content (AvgIpc) is 3.50. The summed E-state index contributed by atoms with van der Waals surface area (Å²) in [5, 5.41) is 14.7. The number of hydrogen-bond donors (Lipinski definition) is 2. The van der Waals surface area contributed by atoms with Crippen molar-refractivity contribution in [2.45, 2.75) is 25.4 Å². The van der Waals surface area contributed by atoms with Crippen molar-refractivity contribution in [3.8, 4) is 17.2 Å². The van der Waals surface area contributed by atoms with Crippen LogP contribution in [-0.4, -0.2) is 33.8 Å². The van der Waals surface area contributed by atoms with E-state index in [0.29, 0.717) is 33.8 Å². The summed E-state index contributed by atoms with van der Waals surface area (Å²) in [4.78, 5) is 27.8. The standard InChI is InChI=1S/C20H17N5O5S/c26-16-10-13-17(30-16)14(7-8-21-13)29-12-5-3-11(4-6-12)22-19(27)23-20-25-24-18(31-20)15-2-1-9-28-15/h3-8,15H,1-2,9-10H2,(H2,22,23,25,27). The van der Waals surface area contributed by atoms with Gasteiger partial charge in [0, 0.05) is 24.6 Å². The molecule has 2 N–H and O–H groups in total. The van der Waals surface area contributed by atoms with Crippen LogP contribution in [0.25, 0.3) is 0 Å². The Morgan fingerprint density at radius 1 is 1.16 bits per heavy atom. The number of fused-ring (bicyclic) bond motifs is 1. The molecule has 1 unspecified atom stereocenters. The van der Waals surface area contributed by atoms with Gasteiger partial charge in [-0.25, -0.2) is 4.79 Å². The van der Waals surface area contributed by atoms with Gasteiger partial charge >= 0.3 is 12.0 Å². The summed E-state index contributed by atoms with van der Waals surface area (Å²) < 4.78 is 16.5. The van der Waals surface area contributed by atoms with Crippen molar-refractivity contribution in [2.24, 2.45) is 0 Å². The number of aromatic nitrogens is 3. The van der Waals surface area contributed by atoms with E-state index in [1.165, 1.54) is 11.3 Å². The lowest BCUT2D eigenvalue weighted by atomic mass is 10.2. The van der Waals surface area contributed by atoms with E-state index in [0.717, 1.165) is 24.5 Å². The summed E-state index contributed by atoms with van der Waals surface area (Å²) in [5.74, 6) is 0.913. The summed E-state index contributed by atoms with van der Waals surface area (Å²) in [5.41, 5.74) is 1.12. The fraction of sp³-hybridized carbons (Fsp3) is 0.250. The van der Waals surface area contributed by atoms with Crippen molar-refractivity contribution in [3.05, 3.63) is 47.2 Å². The molecule has 158 valence electrons. The lowest BCUT2D eigenvalue weighted by Crippen LogP contribution is -2.19. The highest BCUT2D eigenvalue weighted by atomic mass is 32.1. The summed E-state index contributed by atoms with van der Waals surface area (Å²) >= 11 is 1.30. The lowest BCUT2D eigenvalue weighted by molar-refractivity contribution is -0.131. The van der Waals surface area contributed by atoms with E-state index in [4.69, 9.17) is 14.2 Å².